The van der Waals surface area contributed by atoms with E-state index in [0.29, 0.717) is 19.3 Å². The first-order valence-electron chi connectivity index (χ1n) is 7.31. The summed E-state index contributed by atoms with van der Waals surface area (Å²) < 4.78 is 10.7. The second-order valence-electron chi connectivity index (χ2n) is 5.60. The largest absolute Gasteiger partial charge is 0.490 e. The number of methoxy groups -OCH3 is 1. The third kappa shape index (κ3) is 3.95. The predicted molar refractivity (Wildman–Crippen MR) is 79.1 cm³/mol. The maximum Gasteiger partial charge on any atom is 0.325 e. The summed E-state index contributed by atoms with van der Waals surface area (Å²) in [7, 11) is 1.36. The lowest BCUT2D eigenvalue weighted by Gasteiger charge is -2.35. The summed E-state index contributed by atoms with van der Waals surface area (Å²) in [5.74, 6) is 0.393. The van der Waals surface area contributed by atoms with E-state index in [9.17, 15) is 4.79 Å². The van der Waals surface area contributed by atoms with Crippen LogP contribution in [0.5, 0.6) is 5.75 Å². The molecule has 0 spiro atoms. The molecule has 0 saturated heterocycles. The number of benzene rings is 1. The van der Waals surface area contributed by atoms with Crippen LogP contribution in [0.15, 0.2) is 24.3 Å². The normalized spacial score (nSPS) is 25.4. The molecule has 0 heterocycles. The van der Waals surface area contributed by atoms with E-state index in [4.69, 9.17) is 20.3 Å². The van der Waals surface area contributed by atoms with Crippen molar-refractivity contribution in [3.63, 3.8) is 0 Å². The third-order valence-corrected chi connectivity index (χ3v) is 3.96. The van der Waals surface area contributed by atoms with Gasteiger partial charge in [0.1, 0.15) is 17.4 Å². The van der Waals surface area contributed by atoms with Crippen molar-refractivity contribution in [3.05, 3.63) is 29.8 Å². The van der Waals surface area contributed by atoms with Crippen LogP contribution < -0.4 is 10.5 Å². The Morgan fingerprint density at radius 1 is 1.43 bits per heavy atom. The molecule has 116 valence electrons. The number of ether oxygens (including phenoxy) is 2. The smallest absolute Gasteiger partial charge is 0.325 e. The molecule has 2 atom stereocenters. The number of rotatable bonds is 5. The second-order valence-corrected chi connectivity index (χ2v) is 5.60. The Morgan fingerprint density at radius 3 is 2.76 bits per heavy atom. The summed E-state index contributed by atoms with van der Waals surface area (Å²) in [6, 6.07) is 7.64. The number of esters is 1. The predicted octanol–water partition coefficient (Wildman–Crippen LogP) is 1.41. The van der Waals surface area contributed by atoms with E-state index in [1.807, 2.05) is 24.3 Å². The molecule has 2 unspecified atom stereocenters. The average Bonchev–Trinajstić information content (AvgIpc) is 2.49. The van der Waals surface area contributed by atoms with E-state index in [1.165, 1.54) is 7.11 Å². The third-order valence-electron chi connectivity index (χ3n) is 3.96. The molecular formula is C16H23NO4. The van der Waals surface area contributed by atoms with E-state index in [0.717, 1.165) is 24.2 Å². The van der Waals surface area contributed by atoms with Gasteiger partial charge in [0.2, 0.25) is 0 Å². The van der Waals surface area contributed by atoms with Gasteiger partial charge in [-0.25, -0.2) is 0 Å². The summed E-state index contributed by atoms with van der Waals surface area (Å²) in [5.41, 5.74) is 6.27. The van der Waals surface area contributed by atoms with Crippen LogP contribution in [0.3, 0.4) is 0 Å². The van der Waals surface area contributed by atoms with Crippen molar-refractivity contribution in [2.75, 3.05) is 13.7 Å². The van der Waals surface area contributed by atoms with Crippen molar-refractivity contribution in [2.24, 2.45) is 5.73 Å². The van der Waals surface area contributed by atoms with Gasteiger partial charge in [-0.1, -0.05) is 12.1 Å². The van der Waals surface area contributed by atoms with Crippen LogP contribution in [0.2, 0.25) is 0 Å². The van der Waals surface area contributed by atoms with Gasteiger partial charge >= 0.3 is 5.97 Å². The maximum absolute atomic E-state index is 11.8. The van der Waals surface area contributed by atoms with E-state index in [2.05, 4.69) is 0 Å². The van der Waals surface area contributed by atoms with Crippen molar-refractivity contribution in [3.8, 4) is 5.75 Å². The van der Waals surface area contributed by atoms with E-state index >= 15 is 0 Å². The fourth-order valence-electron chi connectivity index (χ4n) is 2.80. The molecular weight excluding hydrogens is 270 g/mol. The molecule has 1 aliphatic rings. The van der Waals surface area contributed by atoms with E-state index < -0.39 is 5.54 Å². The molecule has 1 saturated carbocycles. The maximum atomic E-state index is 11.8. The summed E-state index contributed by atoms with van der Waals surface area (Å²) in [5, 5.41) is 8.89. The van der Waals surface area contributed by atoms with Crippen molar-refractivity contribution in [1.82, 2.24) is 0 Å². The Balaban J connectivity index is 1.97. The molecule has 21 heavy (non-hydrogen) atoms. The first kappa shape index (κ1) is 15.8. The fourth-order valence-corrected chi connectivity index (χ4v) is 2.80. The Morgan fingerprint density at radius 2 is 2.14 bits per heavy atom. The molecule has 5 heteroatoms. The first-order chi connectivity index (χ1) is 10.1. The lowest BCUT2D eigenvalue weighted by Crippen LogP contribution is -2.53. The van der Waals surface area contributed by atoms with Gasteiger partial charge in [-0.2, -0.15) is 0 Å². The Labute approximate surface area is 125 Å². The molecule has 3 N–H and O–H groups in total. The molecule has 1 aliphatic carbocycles. The highest BCUT2D eigenvalue weighted by Crippen LogP contribution is 2.30. The minimum Gasteiger partial charge on any atom is -0.490 e. The summed E-state index contributed by atoms with van der Waals surface area (Å²) in [6.45, 7) is 0.137. The Kier molecular flexibility index (Phi) is 5.20. The van der Waals surface area contributed by atoms with Gasteiger partial charge in [-0.05, 0) is 43.4 Å². The Bertz CT molecular complexity index is 474. The topological polar surface area (TPSA) is 81.8 Å². The molecule has 1 fully saturated rings. The molecule has 0 amide bonds. The van der Waals surface area contributed by atoms with Crippen LogP contribution in [0.25, 0.3) is 0 Å². The van der Waals surface area contributed by atoms with Gasteiger partial charge in [0.25, 0.3) is 0 Å². The monoisotopic (exact) mass is 293 g/mol. The zero-order chi connectivity index (χ0) is 15.3. The number of aliphatic hydroxyl groups is 1. The van der Waals surface area contributed by atoms with Crippen LogP contribution in [0.1, 0.15) is 31.2 Å². The molecule has 0 aliphatic heterocycles. The highest BCUT2D eigenvalue weighted by Gasteiger charge is 2.41. The number of aliphatic hydroxyl groups excluding tert-OH is 1. The number of hydrogen-bond donors (Lipinski definition) is 2. The second kappa shape index (κ2) is 6.91. The number of nitrogens with two attached hydrogens (primary N) is 1. The van der Waals surface area contributed by atoms with Crippen molar-refractivity contribution >= 4 is 5.97 Å². The molecule has 1 aromatic rings. The SMILES string of the molecule is COC(=O)C1(N)CCCC(Oc2ccc(CCO)cc2)C1. The average molecular weight is 293 g/mol. The summed E-state index contributed by atoms with van der Waals surface area (Å²) in [4.78, 5) is 11.8. The van der Waals surface area contributed by atoms with Crippen LogP contribution in [0, 0.1) is 0 Å². The zero-order valence-electron chi connectivity index (χ0n) is 12.4. The van der Waals surface area contributed by atoms with Gasteiger partial charge in [0, 0.05) is 13.0 Å². The minimum atomic E-state index is -0.936. The van der Waals surface area contributed by atoms with Crippen LogP contribution in [-0.4, -0.2) is 36.4 Å². The van der Waals surface area contributed by atoms with Crippen LogP contribution in [0.4, 0.5) is 0 Å². The van der Waals surface area contributed by atoms with Gasteiger partial charge in [-0.3, -0.25) is 4.79 Å². The van der Waals surface area contributed by atoms with Gasteiger partial charge in [-0.15, -0.1) is 0 Å². The van der Waals surface area contributed by atoms with E-state index in [1.54, 1.807) is 0 Å². The lowest BCUT2D eigenvalue weighted by molar-refractivity contribution is -0.149. The molecule has 0 aromatic heterocycles. The standard InChI is InChI=1S/C16H23NO4/c1-20-15(19)16(17)9-2-3-14(11-16)21-13-6-4-12(5-7-13)8-10-18/h4-7,14,18H,2-3,8-11,17H2,1H3. The number of carbonyl (C=O) groups is 1. The molecule has 0 bridgehead atoms. The molecule has 0 radical (unpaired) electrons. The van der Waals surface area contributed by atoms with Gasteiger partial charge in [0.05, 0.1) is 7.11 Å². The highest BCUT2D eigenvalue weighted by molar-refractivity contribution is 5.80. The molecule has 5 nitrogen and oxygen atoms in total. The lowest BCUT2D eigenvalue weighted by atomic mass is 9.81. The molecule has 2 rings (SSSR count). The number of carbonyl (C=O) groups excluding carboxylic acids is 1. The summed E-state index contributed by atoms with van der Waals surface area (Å²) >= 11 is 0. The van der Waals surface area contributed by atoms with Crippen molar-refractivity contribution in [1.29, 1.82) is 0 Å². The van der Waals surface area contributed by atoms with Gasteiger partial charge < -0.3 is 20.3 Å². The van der Waals surface area contributed by atoms with Crippen LogP contribution in [-0.2, 0) is 16.0 Å². The van der Waals surface area contributed by atoms with Crippen LogP contribution >= 0.6 is 0 Å². The van der Waals surface area contributed by atoms with E-state index in [-0.39, 0.29) is 18.7 Å². The summed E-state index contributed by atoms with van der Waals surface area (Å²) in [6.07, 6.45) is 3.39. The van der Waals surface area contributed by atoms with Crippen molar-refractivity contribution < 1.29 is 19.4 Å². The highest BCUT2D eigenvalue weighted by atomic mass is 16.5. The number of hydrogen-bond acceptors (Lipinski definition) is 5. The zero-order valence-corrected chi connectivity index (χ0v) is 12.4. The van der Waals surface area contributed by atoms with Crippen molar-refractivity contribution in [2.45, 2.75) is 43.7 Å². The molecule has 1 aromatic carbocycles. The fraction of sp³-hybridized carbons (Fsp3) is 0.562. The minimum absolute atomic E-state index is 0.0773. The van der Waals surface area contributed by atoms with Gasteiger partial charge in [0.15, 0.2) is 0 Å². The Hall–Kier alpha value is -1.59. The quantitative estimate of drug-likeness (QED) is 0.802. The first-order valence-corrected chi connectivity index (χ1v) is 7.31.